The lowest BCUT2D eigenvalue weighted by Crippen LogP contribution is -2.14. The van der Waals surface area contributed by atoms with Crippen LogP contribution in [0.4, 0.5) is 11.4 Å². The molecule has 7 nitrogen and oxygen atoms in total. The number of hydrogen-bond acceptors (Lipinski definition) is 7. The molecule has 2 aromatic carbocycles. The molecule has 0 unspecified atom stereocenters. The highest BCUT2D eigenvalue weighted by Gasteiger charge is 2.10. The van der Waals surface area contributed by atoms with E-state index in [2.05, 4.69) is 15.6 Å². The fraction of sp³-hybridized carbons (Fsp3) is 0.227. The van der Waals surface area contributed by atoms with Gasteiger partial charge in [0.25, 0.3) is 0 Å². The molecule has 3 rings (SSSR count). The maximum Gasteiger partial charge on any atom is 0.230 e. The molecule has 31 heavy (non-hydrogen) atoms. The van der Waals surface area contributed by atoms with Gasteiger partial charge in [-0.2, -0.15) is 0 Å². The maximum absolute atomic E-state index is 12.3. The molecule has 0 fully saturated rings. The van der Waals surface area contributed by atoms with Crippen LogP contribution in [0.15, 0.2) is 52.2 Å². The zero-order chi connectivity index (χ0) is 22.2. The quantitative estimate of drug-likeness (QED) is 0.457. The number of carbonyl (C=O) groups is 2. The van der Waals surface area contributed by atoms with Gasteiger partial charge < -0.3 is 20.1 Å². The highest BCUT2D eigenvalue weighted by atomic mass is 32.2. The first kappa shape index (κ1) is 22.6. The SMILES string of the molecule is COc1cc(CSc2nc(CC(=O)Nc3ccc(NC(C)=O)cc3)cs2)cc(OC)c1. The van der Waals surface area contributed by atoms with E-state index in [1.54, 1.807) is 50.2 Å². The minimum absolute atomic E-state index is 0.139. The second-order valence-electron chi connectivity index (χ2n) is 6.60. The predicted molar refractivity (Wildman–Crippen MR) is 124 cm³/mol. The van der Waals surface area contributed by atoms with Gasteiger partial charge in [-0.1, -0.05) is 11.8 Å². The molecule has 2 N–H and O–H groups in total. The zero-order valence-corrected chi connectivity index (χ0v) is 19.1. The second kappa shape index (κ2) is 10.8. The van der Waals surface area contributed by atoms with Crippen LogP contribution in [-0.4, -0.2) is 31.0 Å². The van der Waals surface area contributed by atoms with Crippen molar-refractivity contribution in [1.29, 1.82) is 0 Å². The Morgan fingerprint density at radius 3 is 2.19 bits per heavy atom. The Morgan fingerprint density at radius 1 is 1.00 bits per heavy atom. The van der Waals surface area contributed by atoms with Crippen molar-refractivity contribution in [2.45, 2.75) is 23.4 Å². The van der Waals surface area contributed by atoms with E-state index in [9.17, 15) is 9.59 Å². The number of amides is 2. The van der Waals surface area contributed by atoms with Gasteiger partial charge in [-0.05, 0) is 42.0 Å². The zero-order valence-electron chi connectivity index (χ0n) is 17.4. The molecule has 1 heterocycles. The van der Waals surface area contributed by atoms with Crippen molar-refractivity contribution in [2.24, 2.45) is 0 Å². The van der Waals surface area contributed by atoms with Crippen molar-refractivity contribution in [3.8, 4) is 11.5 Å². The van der Waals surface area contributed by atoms with Crippen molar-refractivity contribution in [2.75, 3.05) is 24.9 Å². The number of nitrogens with one attached hydrogen (secondary N) is 2. The number of hydrogen-bond donors (Lipinski definition) is 2. The molecule has 2 amide bonds. The van der Waals surface area contributed by atoms with Gasteiger partial charge in [0.05, 0.1) is 26.3 Å². The van der Waals surface area contributed by atoms with Crippen LogP contribution >= 0.6 is 23.1 Å². The van der Waals surface area contributed by atoms with Crippen molar-refractivity contribution in [3.63, 3.8) is 0 Å². The van der Waals surface area contributed by atoms with Gasteiger partial charge in [-0.25, -0.2) is 4.98 Å². The third-order valence-electron chi connectivity index (χ3n) is 4.13. The summed E-state index contributed by atoms with van der Waals surface area (Å²) >= 11 is 3.11. The van der Waals surface area contributed by atoms with E-state index in [1.807, 2.05) is 23.6 Å². The van der Waals surface area contributed by atoms with Crippen LogP contribution in [0, 0.1) is 0 Å². The lowest BCUT2D eigenvalue weighted by atomic mass is 10.2. The topological polar surface area (TPSA) is 89.5 Å². The molecule has 0 aliphatic heterocycles. The van der Waals surface area contributed by atoms with E-state index in [-0.39, 0.29) is 18.2 Å². The van der Waals surface area contributed by atoms with Gasteiger partial charge >= 0.3 is 0 Å². The Labute approximate surface area is 189 Å². The first-order valence-electron chi connectivity index (χ1n) is 9.42. The summed E-state index contributed by atoms with van der Waals surface area (Å²) in [4.78, 5) is 27.9. The maximum atomic E-state index is 12.3. The summed E-state index contributed by atoms with van der Waals surface area (Å²) < 4.78 is 11.5. The van der Waals surface area contributed by atoms with Gasteiger partial charge in [-0.3, -0.25) is 9.59 Å². The molecular weight excluding hydrogens is 434 g/mol. The van der Waals surface area contributed by atoms with Crippen LogP contribution in [-0.2, 0) is 21.8 Å². The molecule has 0 radical (unpaired) electrons. The molecule has 0 aliphatic carbocycles. The fourth-order valence-electron chi connectivity index (χ4n) is 2.74. The van der Waals surface area contributed by atoms with Crippen molar-refractivity contribution in [3.05, 3.63) is 59.1 Å². The molecule has 0 saturated heterocycles. The molecule has 3 aromatic rings. The number of thiazole rings is 1. The molecule has 1 aromatic heterocycles. The van der Waals surface area contributed by atoms with Crippen molar-refractivity contribution >= 4 is 46.3 Å². The Hall–Kier alpha value is -3.04. The van der Waals surface area contributed by atoms with Gasteiger partial charge in [-0.15, -0.1) is 11.3 Å². The van der Waals surface area contributed by atoms with Gasteiger partial charge in [0, 0.05) is 35.5 Å². The van der Waals surface area contributed by atoms with Gasteiger partial charge in [0.2, 0.25) is 11.8 Å². The molecule has 0 saturated carbocycles. The van der Waals surface area contributed by atoms with Crippen LogP contribution in [0.5, 0.6) is 11.5 Å². The minimum atomic E-state index is -0.147. The summed E-state index contributed by atoms with van der Waals surface area (Å²) in [7, 11) is 3.25. The highest BCUT2D eigenvalue weighted by Crippen LogP contribution is 2.30. The van der Waals surface area contributed by atoms with Crippen LogP contribution in [0.2, 0.25) is 0 Å². The number of carbonyl (C=O) groups excluding carboxylic acids is 2. The van der Waals surface area contributed by atoms with E-state index in [0.29, 0.717) is 17.1 Å². The first-order valence-corrected chi connectivity index (χ1v) is 11.3. The van der Waals surface area contributed by atoms with E-state index in [0.717, 1.165) is 27.1 Å². The summed E-state index contributed by atoms with van der Waals surface area (Å²) in [6, 6.07) is 12.7. The van der Waals surface area contributed by atoms with Gasteiger partial charge in [0.1, 0.15) is 15.8 Å². The molecule has 162 valence electrons. The molecule has 0 aliphatic rings. The molecule has 0 atom stereocenters. The average molecular weight is 458 g/mol. The molecule has 9 heteroatoms. The van der Waals surface area contributed by atoms with E-state index in [4.69, 9.17) is 9.47 Å². The summed E-state index contributed by atoms with van der Waals surface area (Å²) in [5.41, 5.74) is 3.14. The largest absolute Gasteiger partial charge is 0.497 e. The Balaban J connectivity index is 1.52. The predicted octanol–water partition coefficient (Wildman–Crippen LogP) is 4.59. The summed E-state index contributed by atoms with van der Waals surface area (Å²) in [6.45, 7) is 1.45. The lowest BCUT2D eigenvalue weighted by Gasteiger charge is -2.07. The summed E-state index contributed by atoms with van der Waals surface area (Å²) in [5, 5.41) is 7.43. The third-order valence-corrected chi connectivity index (χ3v) is 6.28. The second-order valence-corrected chi connectivity index (χ2v) is 8.68. The van der Waals surface area contributed by atoms with Gasteiger partial charge in [0.15, 0.2) is 0 Å². The van der Waals surface area contributed by atoms with Crippen LogP contribution < -0.4 is 20.1 Å². The summed E-state index contributed by atoms with van der Waals surface area (Å²) in [5.74, 6) is 1.92. The molecule has 0 bridgehead atoms. The number of rotatable bonds is 9. The number of aromatic nitrogens is 1. The molecule has 0 spiro atoms. The number of anilines is 2. The highest BCUT2D eigenvalue weighted by molar-refractivity contribution is 8.00. The fourth-order valence-corrected chi connectivity index (χ4v) is 4.52. The van der Waals surface area contributed by atoms with Crippen LogP contribution in [0.3, 0.4) is 0 Å². The Kier molecular flexibility index (Phi) is 7.91. The average Bonchev–Trinajstić information content (AvgIpc) is 3.20. The number of benzene rings is 2. The Morgan fingerprint density at radius 2 is 1.61 bits per heavy atom. The smallest absolute Gasteiger partial charge is 0.230 e. The summed E-state index contributed by atoms with van der Waals surface area (Å²) in [6.07, 6.45) is 0.192. The Bertz CT molecular complexity index is 1030. The number of methoxy groups -OCH3 is 2. The van der Waals surface area contributed by atoms with Crippen LogP contribution in [0.1, 0.15) is 18.2 Å². The normalized spacial score (nSPS) is 10.4. The standard InChI is InChI=1S/C22H23N3O4S2/c1-14(26)23-16-4-6-17(7-5-16)24-21(27)10-18-13-31-22(25-18)30-12-15-8-19(28-2)11-20(9-15)29-3/h4-9,11,13H,10,12H2,1-3H3,(H,23,26)(H,24,27). The number of thioether (sulfide) groups is 1. The van der Waals surface area contributed by atoms with Crippen molar-refractivity contribution < 1.29 is 19.1 Å². The first-order chi connectivity index (χ1) is 14.9. The molecular formula is C22H23N3O4S2. The van der Waals surface area contributed by atoms with E-state index >= 15 is 0 Å². The van der Waals surface area contributed by atoms with E-state index < -0.39 is 0 Å². The minimum Gasteiger partial charge on any atom is -0.497 e. The van der Waals surface area contributed by atoms with Crippen molar-refractivity contribution in [1.82, 2.24) is 4.98 Å². The van der Waals surface area contributed by atoms with Crippen LogP contribution in [0.25, 0.3) is 0 Å². The van der Waals surface area contributed by atoms with E-state index in [1.165, 1.54) is 18.3 Å². The number of ether oxygens (including phenoxy) is 2. The lowest BCUT2D eigenvalue weighted by molar-refractivity contribution is -0.116. The number of nitrogens with zero attached hydrogens (tertiary/aromatic N) is 1. The third kappa shape index (κ3) is 7.01. The monoisotopic (exact) mass is 457 g/mol.